The topological polar surface area (TPSA) is 76.7 Å². The number of nitrogens with one attached hydrogen (secondary N) is 2. The number of hydrogen-bond acceptors (Lipinski definition) is 4. The molecule has 2 aromatic rings. The van der Waals surface area contributed by atoms with Gasteiger partial charge in [-0.25, -0.2) is 0 Å². The standard InChI is InChI=1S/C21H22N2O4/c1-2-3-12-22-21(25)16-6-4-5-7-17(16)23-20(24)11-9-15-8-10-18-19(13-15)27-14-26-18/h4-11,13H,2-3,12,14H2,1H3,(H,22,25)(H,23,24)/b11-9+. The van der Waals surface area contributed by atoms with E-state index in [0.717, 1.165) is 18.4 Å². The quantitative estimate of drug-likeness (QED) is 0.580. The largest absolute Gasteiger partial charge is 0.454 e. The fourth-order valence-electron chi connectivity index (χ4n) is 2.63. The summed E-state index contributed by atoms with van der Waals surface area (Å²) in [6.45, 7) is 2.88. The second-order valence-corrected chi connectivity index (χ2v) is 6.09. The zero-order chi connectivity index (χ0) is 19.1. The molecule has 2 N–H and O–H groups in total. The lowest BCUT2D eigenvalue weighted by Gasteiger charge is -2.10. The van der Waals surface area contributed by atoms with Crippen LogP contribution in [0.4, 0.5) is 5.69 Å². The van der Waals surface area contributed by atoms with Gasteiger partial charge in [0.05, 0.1) is 11.3 Å². The number of carbonyl (C=O) groups excluding carboxylic acids is 2. The van der Waals surface area contributed by atoms with Crippen LogP contribution in [0.2, 0.25) is 0 Å². The number of unbranched alkanes of at least 4 members (excludes halogenated alkanes) is 1. The molecular formula is C21H22N2O4. The number of hydrogen-bond donors (Lipinski definition) is 2. The van der Waals surface area contributed by atoms with E-state index in [0.29, 0.717) is 29.3 Å². The van der Waals surface area contributed by atoms with Crippen molar-refractivity contribution in [2.45, 2.75) is 19.8 Å². The minimum atomic E-state index is -0.318. The van der Waals surface area contributed by atoms with E-state index in [1.807, 2.05) is 6.07 Å². The maximum Gasteiger partial charge on any atom is 0.253 e. The second kappa shape index (κ2) is 8.89. The lowest BCUT2D eigenvalue weighted by Crippen LogP contribution is -2.25. The highest BCUT2D eigenvalue weighted by molar-refractivity contribution is 6.07. The molecule has 0 bridgehead atoms. The van der Waals surface area contributed by atoms with Crippen molar-refractivity contribution in [2.24, 2.45) is 0 Å². The number of carbonyl (C=O) groups is 2. The van der Waals surface area contributed by atoms with Crippen LogP contribution in [0, 0.1) is 0 Å². The third-order valence-electron chi connectivity index (χ3n) is 4.07. The third-order valence-corrected chi connectivity index (χ3v) is 4.07. The van der Waals surface area contributed by atoms with Crippen LogP contribution in [0.5, 0.6) is 11.5 Å². The van der Waals surface area contributed by atoms with Gasteiger partial charge in [-0.1, -0.05) is 31.5 Å². The van der Waals surface area contributed by atoms with Crippen molar-refractivity contribution in [1.29, 1.82) is 0 Å². The van der Waals surface area contributed by atoms with Crippen LogP contribution in [0.1, 0.15) is 35.7 Å². The molecule has 0 fully saturated rings. The molecule has 0 saturated carbocycles. The second-order valence-electron chi connectivity index (χ2n) is 6.09. The number of rotatable bonds is 7. The number of amides is 2. The molecule has 6 heteroatoms. The van der Waals surface area contributed by atoms with Gasteiger partial charge in [-0.05, 0) is 42.3 Å². The van der Waals surface area contributed by atoms with Gasteiger partial charge in [-0.15, -0.1) is 0 Å². The van der Waals surface area contributed by atoms with Gasteiger partial charge in [0.2, 0.25) is 12.7 Å². The molecule has 0 aliphatic carbocycles. The molecule has 3 rings (SSSR count). The molecule has 0 saturated heterocycles. The van der Waals surface area contributed by atoms with Crippen molar-refractivity contribution in [3.8, 4) is 11.5 Å². The van der Waals surface area contributed by atoms with Gasteiger partial charge in [0.1, 0.15) is 0 Å². The summed E-state index contributed by atoms with van der Waals surface area (Å²) >= 11 is 0. The maximum atomic E-state index is 12.3. The molecule has 0 aromatic heterocycles. The first-order chi connectivity index (χ1) is 13.2. The first-order valence-electron chi connectivity index (χ1n) is 8.93. The molecule has 2 aromatic carbocycles. The van der Waals surface area contributed by atoms with Gasteiger partial charge in [0, 0.05) is 12.6 Å². The van der Waals surface area contributed by atoms with Gasteiger partial charge in [-0.2, -0.15) is 0 Å². The van der Waals surface area contributed by atoms with Gasteiger partial charge in [0.15, 0.2) is 11.5 Å². The van der Waals surface area contributed by atoms with E-state index in [9.17, 15) is 9.59 Å². The Morgan fingerprint density at radius 2 is 1.93 bits per heavy atom. The molecule has 140 valence electrons. The molecule has 27 heavy (non-hydrogen) atoms. The van der Waals surface area contributed by atoms with Gasteiger partial charge in [0.25, 0.3) is 5.91 Å². The van der Waals surface area contributed by atoms with Crippen LogP contribution < -0.4 is 20.1 Å². The fraction of sp³-hybridized carbons (Fsp3) is 0.238. The van der Waals surface area contributed by atoms with Crippen LogP contribution >= 0.6 is 0 Å². The molecule has 0 spiro atoms. The monoisotopic (exact) mass is 366 g/mol. The normalized spacial score (nSPS) is 12.2. The van der Waals surface area contributed by atoms with E-state index in [-0.39, 0.29) is 18.6 Å². The summed E-state index contributed by atoms with van der Waals surface area (Å²) in [5.41, 5.74) is 1.74. The van der Waals surface area contributed by atoms with Crippen LogP contribution in [-0.2, 0) is 4.79 Å². The molecule has 0 unspecified atom stereocenters. The molecule has 0 atom stereocenters. The number of benzene rings is 2. The Balaban J connectivity index is 1.64. The molecule has 1 heterocycles. The van der Waals surface area contributed by atoms with Gasteiger partial charge in [-0.3, -0.25) is 9.59 Å². The molecule has 2 amide bonds. The highest BCUT2D eigenvalue weighted by atomic mass is 16.7. The summed E-state index contributed by atoms with van der Waals surface area (Å²) < 4.78 is 10.6. The van der Waals surface area contributed by atoms with Gasteiger partial charge < -0.3 is 20.1 Å². The summed E-state index contributed by atoms with van der Waals surface area (Å²) in [7, 11) is 0. The number of anilines is 1. The molecule has 0 radical (unpaired) electrons. The Bertz CT molecular complexity index is 861. The minimum absolute atomic E-state index is 0.195. The highest BCUT2D eigenvalue weighted by Gasteiger charge is 2.13. The van der Waals surface area contributed by atoms with E-state index in [1.165, 1.54) is 6.08 Å². The van der Waals surface area contributed by atoms with Crippen molar-refractivity contribution in [1.82, 2.24) is 5.32 Å². The Hall–Kier alpha value is -3.28. The summed E-state index contributed by atoms with van der Waals surface area (Å²) in [6, 6.07) is 12.4. The SMILES string of the molecule is CCCCNC(=O)c1ccccc1NC(=O)/C=C/c1ccc2c(c1)OCO2. The van der Waals surface area contributed by atoms with E-state index in [2.05, 4.69) is 17.6 Å². The predicted molar refractivity (Wildman–Crippen MR) is 104 cm³/mol. The Morgan fingerprint density at radius 3 is 2.78 bits per heavy atom. The van der Waals surface area contributed by atoms with Crippen LogP contribution in [0.15, 0.2) is 48.5 Å². The smallest absolute Gasteiger partial charge is 0.253 e. The zero-order valence-electron chi connectivity index (χ0n) is 15.2. The van der Waals surface area contributed by atoms with Crippen molar-refractivity contribution in [3.05, 3.63) is 59.7 Å². The molecule has 1 aliphatic rings. The highest BCUT2D eigenvalue weighted by Crippen LogP contribution is 2.32. The molecular weight excluding hydrogens is 344 g/mol. The van der Waals surface area contributed by atoms with Crippen molar-refractivity contribution in [3.63, 3.8) is 0 Å². The van der Waals surface area contributed by atoms with Crippen molar-refractivity contribution < 1.29 is 19.1 Å². The van der Waals surface area contributed by atoms with Crippen LogP contribution in [0.25, 0.3) is 6.08 Å². The predicted octanol–water partition coefficient (Wildman–Crippen LogP) is 3.60. The van der Waals surface area contributed by atoms with E-state index in [4.69, 9.17) is 9.47 Å². The number of para-hydroxylation sites is 1. The number of ether oxygens (including phenoxy) is 2. The van der Waals surface area contributed by atoms with Crippen molar-refractivity contribution in [2.75, 3.05) is 18.7 Å². The molecule has 6 nitrogen and oxygen atoms in total. The molecule has 1 aliphatic heterocycles. The summed E-state index contributed by atoms with van der Waals surface area (Å²) in [5, 5.41) is 5.62. The van der Waals surface area contributed by atoms with Crippen molar-refractivity contribution >= 4 is 23.6 Å². The van der Waals surface area contributed by atoms with E-state index in [1.54, 1.807) is 42.5 Å². The van der Waals surface area contributed by atoms with E-state index < -0.39 is 0 Å². The Labute approximate surface area is 158 Å². The summed E-state index contributed by atoms with van der Waals surface area (Å²) in [5.74, 6) is 0.840. The summed E-state index contributed by atoms with van der Waals surface area (Å²) in [4.78, 5) is 24.6. The average Bonchev–Trinajstić information content (AvgIpc) is 3.15. The average molecular weight is 366 g/mol. The number of fused-ring (bicyclic) bond motifs is 1. The lowest BCUT2D eigenvalue weighted by atomic mass is 10.1. The lowest BCUT2D eigenvalue weighted by molar-refractivity contribution is -0.111. The van der Waals surface area contributed by atoms with Crippen LogP contribution in [0.3, 0.4) is 0 Å². The first kappa shape index (κ1) is 18.5. The minimum Gasteiger partial charge on any atom is -0.454 e. The van der Waals surface area contributed by atoms with Gasteiger partial charge >= 0.3 is 0 Å². The zero-order valence-corrected chi connectivity index (χ0v) is 15.2. The summed E-state index contributed by atoms with van der Waals surface area (Å²) in [6.07, 6.45) is 5.02. The van der Waals surface area contributed by atoms with E-state index >= 15 is 0 Å². The fourth-order valence-corrected chi connectivity index (χ4v) is 2.63. The third kappa shape index (κ3) is 4.88. The van der Waals surface area contributed by atoms with Crippen LogP contribution in [-0.4, -0.2) is 25.2 Å². The maximum absolute atomic E-state index is 12.3. The Kier molecular flexibility index (Phi) is 6.10. The first-order valence-corrected chi connectivity index (χ1v) is 8.93. The Morgan fingerprint density at radius 1 is 1.11 bits per heavy atom.